The van der Waals surface area contributed by atoms with E-state index in [4.69, 9.17) is 4.74 Å². The van der Waals surface area contributed by atoms with Crippen LogP contribution in [0.25, 0.3) is 0 Å². The van der Waals surface area contributed by atoms with Gasteiger partial charge in [-0.1, -0.05) is 44.1 Å². The smallest absolute Gasteiger partial charge is 0.311 e. The molecule has 182 valence electrons. The topological polar surface area (TPSA) is 87.2 Å². The summed E-state index contributed by atoms with van der Waals surface area (Å²) >= 11 is 1.58. The normalized spacial score (nSPS) is 35.0. The highest BCUT2D eigenvalue weighted by molar-refractivity contribution is 8.02. The van der Waals surface area contributed by atoms with Gasteiger partial charge in [-0.25, -0.2) is 0 Å². The molecule has 0 radical (unpaired) electrons. The fourth-order valence-corrected chi connectivity index (χ4v) is 7.70. The van der Waals surface area contributed by atoms with Gasteiger partial charge in [-0.15, -0.1) is 11.8 Å². The molecule has 0 aromatic rings. The molecule has 0 aromatic heterocycles. The lowest BCUT2D eigenvalue weighted by Crippen LogP contribution is -2.53. The summed E-state index contributed by atoms with van der Waals surface area (Å²) in [6.07, 6.45) is 14.4. The number of aliphatic hydroxyl groups excluding tert-OH is 1. The van der Waals surface area contributed by atoms with Crippen molar-refractivity contribution in [3.63, 3.8) is 0 Å². The van der Waals surface area contributed by atoms with Gasteiger partial charge in [-0.3, -0.25) is 14.4 Å². The van der Waals surface area contributed by atoms with E-state index in [0.717, 1.165) is 38.5 Å². The number of cyclic esters (lactones) is 1. The van der Waals surface area contributed by atoms with Crippen LogP contribution in [0.5, 0.6) is 0 Å². The van der Waals surface area contributed by atoms with Crippen molar-refractivity contribution in [2.45, 2.75) is 67.9 Å². The molecule has 4 aliphatic rings. The number of amides is 2. The molecule has 5 atom stereocenters. The Morgan fingerprint density at radius 1 is 1.12 bits per heavy atom. The van der Waals surface area contributed by atoms with Crippen LogP contribution in [0.15, 0.2) is 24.3 Å². The highest BCUT2D eigenvalue weighted by atomic mass is 32.2. The SMILES string of the molecule is CCCCCN1CC=C[C@]23S[C@H]4/C=C\CCCCOC(=O)[C@H]4[C@H]2C(=O)N(CCCO)C3C1=O. The molecule has 2 fully saturated rings. The minimum atomic E-state index is -0.796. The third-order valence-electron chi connectivity index (χ3n) is 7.27. The number of hydrogen-bond donors (Lipinski definition) is 1. The lowest BCUT2D eigenvalue weighted by molar-refractivity contribution is -0.153. The summed E-state index contributed by atoms with van der Waals surface area (Å²) in [5.74, 6) is -1.78. The lowest BCUT2D eigenvalue weighted by atomic mass is 9.78. The molecular formula is C25H36N2O5S. The maximum absolute atomic E-state index is 13.9. The van der Waals surface area contributed by atoms with E-state index in [1.165, 1.54) is 0 Å². The summed E-state index contributed by atoms with van der Waals surface area (Å²) in [7, 11) is 0. The van der Waals surface area contributed by atoms with Gasteiger partial charge in [-0.2, -0.15) is 0 Å². The van der Waals surface area contributed by atoms with Gasteiger partial charge in [0.2, 0.25) is 11.8 Å². The maximum atomic E-state index is 13.9. The minimum Gasteiger partial charge on any atom is -0.465 e. The Labute approximate surface area is 200 Å². The fraction of sp³-hybridized carbons (Fsp3) is 0.720. The summed E-state index contributed by atoms with van der Waals surface area (Å²) in [5, 5.41) is 9.25. The number of thioether (sulfide) groups is 1. The highest BCUT2D eigenvalue weighted by Crippen LogP contribution is 2.60. The van der Waals surface area contributed by atoms with Crippen LogP contribution in [0.1, 0.15) is 51.9 Å². The summed E-state index contributed by atoms with van der Waals surface area (Å²) in [4.78, 5) is 44.4. The van der Waals surface area contributed by atoms with E-state index in [1.807, 2.05) is 17.1 Å². The third kappa shape index (κ3) is 4.48. The Hall–Kier alpha value is -1.80. The predicted molar refractivity (Wildman–Crippen MR) is 127 cm³/mol. The Morgan fingerprint density at radius 2 is 1.97 bits per heavy atom. The Morgan fingerprint density at radius 3 is 2.76 bits per heavy atom. The van der Waals surface area contributed by atoms with E-state index >= 15 is 0 Å². The van der Waals surface area contributed by atoms with Crippen LogP contribution in [-0.2, 0) is 19.1 Å². The number of esters is 1. The average Bonchev–Trinajstić information content (AvgIpc) is 3.19. The number of unbranched alkanes of at least 4 members (excludes halogenated alkanes) is 2. The van der Waals surface area contributed by atoms with E-state index in [1.54, 1.807) is 16.7 Å². The van der Waals surface area contributed by atoms with Crippen molar-refractivity contribution >= 4 is 29.5 Å². The number of ether oxygens (including phenoxy) is 1. The number of hydrogen-bond acceptors (Lipinski definition) is 6. The second-order valence-corrected chi connectivity index (χ2v) is 10.9. The quantitative estimate of drug-likeness (QED) is 0.345. The molecule has 7 nitrogen and oxygen atoms in total. The first kappa shape index (κ1) is 24.3. The fourth-order valence-electron chi connectivity index (χ4n) is 5.70. The van der Waals surface area contributed by atoms with E-state index in [0.29, 0.717) is 32.7 Å². The Balaban J connectivity index is 1.73. The van der Waals surface area contributed by atoms with Crippen LogP contribution in [0.3, 0.4) is 0 Å². The average molecular weight is 477 g/mol. The zero-order valence-electron chi connectivity index (χ0n) is 19.5. The van der Waals surface area contributed by atoms with Crippen molar-refractivity contribution in [3.8, 4) is 0 Å². The van der Waals surface area contributed by atoms with Gasteiger partial charge in [0, 0.05) is 31.5 Å². The van der Waals surface area contributed by atoms with E-state index in [-0.39, 0.29) is 29.6 Å². The molecule has 4 rings (SSSR count). The van der Waals surface area contributed by atoms with Crippen LogP contribution >= 0.6 is 11.8 Å². The molecule has 4 heterocycles. The predicted octanol–water partition coefficient (Wildman–Crippen LogP) is 2.54. The van der Waals surface area contributed by atoms with E-state index in [2.05, 4.69) is 19.1 Å². The number of carbonyl (C=O) groups is 3. The molecular weight excluding hydrogens is 440 g/mol. The van der Waals surface area contributed by atoms with Crippen LogP contribution < -0.4 is 0 Å². The van der Waals surface area contributed by atoms with Crippen molar-refractivity contribution in [1.82, 2.24) is 9.80 Å². The van der Waals surface area contributed by atoms with Crippen molar-refractivity contribution in [2.24, 2.45) is 11.8 Å². The summed E-state index contributed by atoms with van der Waals surface area (Å²) in [5.41, 5.74) is 0. The summed E-state index contributed by atoms with van der Waals surface area (Å²) < 4.78 is 4.81. The number of nitrogens with zero attached hydrogens (tertiary/aromatic N) is 2. The monoisotopic (exact) mass is 476 g/mol. The van der Waals surface area contributed by atoms with E-state index in [9.17, 15) is 19.5 Å². The molecule has 1 unspecified atom stereocenters. The number of likely N-dealkylation sites (tertiary alicyclic amines) is 1. The zero-order valence-corrected chi connectivity index (χ0v) is 20.3. The van der Waals surface area contributed by atoms with Crippen molar-refractivity contribution in [2.75, 3.05) is 32.8 Å². The third-order valence-corrected chi connectivity index (χ3v) is 9.02. The van der Waals surface area contributed by atoms with Gasteiger partial charge in [0.15, 0.2) is 0 Å². The largest absolute Gasteiger partial charge is 0.465 e. The minimum absolute atomic E-state index is 0.0431. The molecule has 0 saturated carbocycles. The maximum Gasteiger partial charge on any atom is 0.311 e. The first-order chi connectivity index (χ1) is 16.0. The second-order valence-electron chi connectivity index (χ2n) is 9.44. The molecule has 33 heavy (non-hydrogen) atoms. The van der Waals surface area contributed by atoms with Gasteiger partial charge in [0.1, 0.15) is 6.04 Å². The van der Waals surface area contributed by atoms with Gasteiger partial charge in [0.25, 0.3) is 0 Å². The second kappa shape index (κ2) is 10.6. The number of carbonyl (C=O) groups excluding carboxylic acids is 3. The molecule has 4 aliphatic heterocycles. The molecule has 1 N–H and O–H groups in total. The first-order valence-corrected chi connectivity index (χ1v) is 13.3. The van der Waals surface area contributed by atoms with Crippen molar-refractivity contribution in [1.29, 1.82) is 0 Å². The molecule has 0 aliphatic carbocycles. The summed E-state index contributed by atoms with van der Waals surface area (Å²) in [6.45, 7) is 3.94. The van der Waals surface area contributed by atoms with Gasteiger partial charge < -0.3 is 19.6 Å². The summed E-state index contributed by atoms with van der Waals surface area (Å²) in [6, 6.07) is -0.661. The zero-order chi connectivity index (χ0) is 23.4. The molecule has 1 spiro atoms. The number of allylic oxidation sites excluding steroid dienone is 1. The van der Waals surface area contributed by atoms with Gasteiger partial charge >= 0.3 is 5.97 Å². The van der Waals surface area contributed by atoms with Gasteiger partial charge in [-0.05, 0) is 32.1 Å². The molecule has 8 heteroatoms. The van der Waals surface area contributed by atoms with Crippen LogP contribution in [0.4, 0.5) is 0 Å². The van der Waals surface area contributed by atoms with Crippen LogP contribution in [0.2, 0.25) is 0 Å². The number of fused-ring (bicyclic) bond motifs is 2. The lowest BCUT2D eigenvalue weighted by Gasteiger charge is -2.35. The van der Waals surface area contributed by atoms with Crippen molar-refractivity contribution in [3.05, 3.63) is 24.3 Å². The van der Waals surface area contributed by atoms with Crippen molar-refractivity contribution < 1.29 is 24.2 Å². The molecule has 0 aromatic carbocycles. The van der Waals surface area contributed by atoms with Crippen LogP contribution in [0, 0.1) is 11.8 Å². The number of rotatable bonds is 7. The van der Waals surface area contributed by atoms with Gasteiger partial charge in [0.05, 0.1) is 23.2 Å². The highest BCUT2D eigenvalue weighted by Gasteiger charge is 2.70. The van der Waals surface area contributed by atoms with Crippen LogP contribution in [-0.4, -0.2) is 81.6 Å². The first-order valence-electron chi connectivity index (χ1n) is 12.4. The molecule has 0 bridgehead atoms. The van der Waals surface area contributed by atoms with E-state index < -0.39 is 22.6 Å². The Bertz CT molecular complexity index is 815. The standard InChI is InChI=1S/C25H36N2O5S/c1-2-3-7-13-26-14-9-12-25-20(22(29)27(15-10-16-28)21(25)23(26)30)19-18(33-25)11-6-4-5-8-17-32-24(19)31/h6,9,11-12,18-21,28H,2-5,7-8,10,13-17H2,1H3/b11-6-/t18-,19+,20-,21?,25-/m0/s1. The molecule has 2 amide bonds. The molecule has 2 saturated heterocycles. The number of aliphatic hydroxyl groups is 1. The Kier molecular flexibility index (Phi) is 7.84.